The molecule has 2 N–H and O–H groups in total. The topological polar surface area (TPSA) is 52.6 Å². The monoisotopic (exact) mass is 234 g/mol. The van der Waals surface area contributed by atoms with E-state index in [9.17, 15) is 4.79 Å². The smallest absolute Gasteiger partial charge is 0.322 e. The van der Waals surface area contributed by atoms with Crippen molar-refractivity contribution in [1.29, 1.82) is 0 Å². The number of hydrogen-bond acceptors (Lipinski definition) is 3. The van der Waals surface area contributed by atoms with Crippen LogP contribution >= 0.6 is 0 Å². The predicted octanol–water partition coefficient (Wildman–Crippen LogP) is 1.56. The van der Waals surface area contributed by atoms with E-state index in [4.69, 9.17) is 5.11 Å². The number of benzene rings is 1. The lowest BCUT2D eigenvalue weighted by molar-refractivity contribution is -0.134. The average Bonchev–Trinajstić information content (AvgIpc) is 2.35. The molecule has 0 bridgehead atoms. The van der Waals surface area contributed by atoms with Crippen molar-refractivity contribution in [3.63, 3.8) is 0 Å². The standard InChI is InChI=1S/C13H18N2O2/c1-2-15-7-6-10-4-3-5-12(11(10)9-15)14-8-13(16)17/h3-5,14H,2,6-9H2,1H3,(H,16,17). The maximum absolute atomic E-state index is 10.6. The molecule has 1 aromatic rings. The number of fused-ring (bicyclic) bond motifs is 1. The van der Waals surface area contributed by atoms with Gasteiger partial charge in [0, 0.05) is 18.8 Å². The maximum atomic E-state index is 10.6. The molecule has 0 fully saturated rings. The third-order valence-corrected chi connectivity index (χ3v) is 3.23. The third-order valence-electron chi connectivity index (χ3n) is 3.23. The molecule has 0 amide bonds. The molecule has 1 aliphatic rings. The summed E-state index contributed by atoms with van der Waals surface area (Å²) in [6.45, 7) is 5.16. The number of likely N-dealkylation sites (N-methyl/N-ethyl adjacent to an activating group) is 1. The van der Waals surface area contributed by atoms with Crippen LogP contribution in [0.5, 0.6) is 0 Å². The molecular weight excluding hydrogens is 216 g/mol. The minimum absolute atomic E-state index is 0.0252. The first-order valence-corrected chi connectivity index (χ1v) is 5.99. The van der Waals surface area contributed by atoms with Crippen molar-refractivity contribution in [2.45, 2.75) is 19.9 Å². The molecule has 0 saturated carbocycles. The number of carboxylic acid groups (broad SMARTS) is 1. The predicted molar refractivity (Wildman–Crippen MR) is 67.2 cm³/mol. The highest BCUT2D eigenvalue weighted by Crippen LogP contribution is 2.26. The number of nitrogens with one attached hydrogen (secondary N) is 1. The van der Waals surface area contributed by atoms with E-state index >= 15 is 0 Å². The molecular formula is C13H18N2O2. The van der Waals surface area contributed by atoms with Gasteiger partial charge in [0.25, 0.3) is 0 Å². The average molecular weight is 234 g/mol. The first kappa shape index (κ1) is 11.9. The second kappa shape index (κ2) is 5.19. The fourth-order valence-electron chi connectivity index (χ4n) is 2.24. The summed E-state index contributed by atoms with van der Waals surface area (Å²) in [6, 6.07) is 6.08. The van der Waals surface area contributed by atoms with Crippen molar-refractivity contribution >= 4 is 11.7 Å². The highest BCUT2D eigenvalue weighted by Gasteiger charge is 2.17. The van der Waals surface area contributed by atoms with Crippen molar-refractivity contribution in [3.8, 4) is 0 Å². The molecule has 0 saturated heterocycles. The van der Waals surface area contributed by atoms with Gasteiger partial charge < -0.3 is 10.4 Å². The lowest BCUT2D eigenvalue weighted by Crippen LogP contribution is -2.31. The molecule has 0 unspecified atom stereocenters. The molecule has 1 heterocycles. The maximum Gasteiger partial charge on any atom is 0.322 e. The van der Waals surface area contributed by atoms with Crippen LogP contribution in [0.15, 0.2) is 18.2 Å². The van der Waals surface area contributed by atoms with Crippen molar-refractivity contribution in [2.75, 3.05) is 25.0 Å². The Morgan fingerprint density at radius 3 is 3.06 bits per heavy atom. The summed E-state index contributed by atoms with van der Waals surface area (Å²) in [5.41, 5.74) is 3.55. The highest BCUT2D eigenvalue weighted by atomic mass is 16.4. The van der Waals surface area contributed by atoms with E-state index in [1.54, 1.807) is 0 Å². The van der Waals surface area contributed by atoms with Crippen LogP contribution in [-0.4, -0.2) is 35.6 Å². The number of hydrogen-bond donors (Lipinski definition) is 2. The summed E-state index contributed by atoms with van der Waals surface area (Å²) in [4.78, 5) is 13.0. The summed E-state index contributed by atoms with van der Waals surface area (Å²) < 4.78 is 0. The third kappa shape index (κ3) is 2.77. The second-order valence-corrected chi connectivity index (χ2v) is 4.31. The zero-order valence-electron chi connectivity index (χ0n) is 10.1. The van der Waals surface area contributed by atoms with Crippen molar-refractivity contribution in [1.82, 2.24) is 4.90 Å². The van der Waals surface area contributed by atoms with Gasteiger partial charge in [0.05, 0.1) is 0 Å². The van der Waals surface area contributed by atoms with Gasteiger partial charge in [0.15, 0.2) is 0 Å². The molecule has 1 aromatic carbocycles. The van der Waals surface area contributed by atoms with E-state index in [0.717, 1.165) is 31.7 Å². The molecule has 0 spiro atoms. The molecule has 4 nitrogen and oxygen atoms in total. The summed E-state index contributed by atoms with van der Waals surface area (Å²) in [5, 5.41) is 11.7. The number of nitrogens with zero attached hydrogens (tertiary/aromatic N) is 1. The molecule has 0 aromatic heterocycles. The van der Waals surface area contributed by atoms with Gasteiger partial charge in [-0.2, -0.15) is 0 Å². The van der Waals surface area contributed by atoms with Crippen LogP contribution in [0.4, 0.5) is 5.69 Å². The van der Waals surface area contributed by atoms with Crippen LogP contribution in [0.1, 0.15) is 18.1 Å². The van der Waals surface area contributed by atoms with Crippen molar-refractivity contribution < 1.29 is 9.90 Å². The Bertz CT molecular complexity index is 418. The second-order valence-electron chi connectivity index (χ2n) is 4.31. The Morgan fingerprint density at radius 2 is 2.35 bits per heavy atom. The van der Waals surface area contributed by atoms with Gasteiger partial charge in [0.1, 0.15) is 6.54 Å². The Morgan fingerprint density at radius 1 is 1.53 bits per heavy atom. The summed E-state index contributed by atoms with van der Waals surface area (Å²) >= 11 is 0. The fraction of sp³-hybridized carbons (Fsp3) is 0.462. The Labute approximate surface area is 101 Å². The van der Waals surface area contributed by atoms with Crippen LogP contribution < -0.4 is 5.32 Å². The number of anilines is 1. The number of carbonyl (C=O) groups is 1. The quantitative estimate of drug-likeness (QED) is 0.830. The first-order chi connectivity index (χ1) is 8.20. The number of carboxylic acids is 1. The van der Waals surface area contributed by atoms with E-state index in [1.807, 2.05) is 12.1 Å². The van der Waals surface area contributed by atoms with E-state index in [-0.39, 0.29) is 6.54 Å². The summed E-state index contributed by atoms with van der Waals surface area (Å²) in [7, 11) is 0. The zero-order chi connectivity index (χ0) is 12.3. The first-order valence-electron chi connectivity index (χ1n) is 5.99. The van der Waals surface area contributed by atoms with E-state index in [1.165, 1.54) is 11.1 Å². The van der Waals surface area contributed by atoms with Gasteiger partial charge in [-0.05, 0) is 30.2 Å². The minimum atomic E-state index is -0.828. The van der Waals surface area contributed by atoms with E-state index in [2.05, 4.69) is 23.2 Å². The van der Waals surface area contributed by atoms with Gasteiger partial charge in [-0.25, -0.2) is 0 Å². The summed E-state index contributed by atoms with van der Waals surface area (Å²) in [5.74, 6) is -0.828. The van der Waals surface area contributed by atoms with Gasteiger partial charge in [-0.3, -0.25) is 9.69 Å². The van der Waals surface area contributed by atoms with Gasteiger partial charge in [-0.15, -0.1) is 0 Å². The van der Waals surface area contributed by atoms with Gasteiger partial charge in [-0.1, -0.05) is 19.1 Å². The van der Waals surface area contributed by atoms with E-state index in [0.29, 0.717) is 0 Å². The van der Waals surface area contributed by atoms with Crippen LogP contribution in [-0.2, 0) is 17.8 Å². The van der Waals surface area contributed by atoms with Crippen molar-refractivity contribution in [3.05, 3.63) is 29.3 Å². The molecule has 17 heavy (non-hydrogen) atoms. The number of rotatable bonds is 4. The molecule has 1 aliphatic heterocycles. The molecule has 0 radical (unpaired) electrons. The molecule has 0 aliphatic carbocycles. The minimum Gasteiger partial charge on any atom is -0.480 e. The normalized spacial score (nSPS) is 15.4. The molecule has 4 heteroatoms. The fourth-order valence-corrected chi connectivity index (χ4v) is 2.24. The van der Waals surface area contributed by atoms with E-state index < -0.39 is 5.97 Å². The van der Waals surface area contributed by atoms with Crippen LogP contribution in [0, 0.1) is 0 Å². The highest BCUT2D eigenvalue weighted by molar-refractivity contribution is 5.73. The van der Waals surface area contributed by atoms with Crippen LogP contribution in [0.2, 0.25) is 0 Å². The Hall–Kier alpha value is -1.55. The zero-order valence-corrected chi connectivity index (χ0v) is 10.1. The Balaban J connectivity index is 2.19. The van der Waals surface area contributed by atoms with Crippen molar-refractivity contribution in [2.24, 2.45) is 0 Å². The lowest BCUT2D eigenvalue weighted by atomic mass is 9.98. The van der Waals surface area contributed by atoms with Crippen LogP contribution in [0.25, 0.3) is 0 Å². The molecule has 2 rings (SSSR count). The summed E-state index contributed by atoms with van der Waals surface area (Å²) in [6.07, 6.45) is 1.05. The molecule has 92 valence electrons. The van der Waals surface area contributed by atoms with Gasteiger partial charge >= 0.3 is 5.97 Å². The Kier molecular flexibility index (Phi) is 3.64. The largest absolute Gasteiger partial charge is 0.480 e. The number of aliphatic carboxylic acids is 1. The van der Waals surface area contributed by atoms with Crippen LogP contribution in [0.3, 0.4) is 0 Å². The SMILES string of the molecule is CCN1CCc2cccc(NCC(=O)O)c2C1. The lowest BCUT2D eigenvalue weighted by Gasteiger charge is -2.29. The molecule has 0 atom stereocenters. The van der Waals surface area contributed by atoms with Gasteiger partial charge in [0.2, 0.25) is 0 Å².